The van der Waals surface area contributed by atoms with Crippen LogP contribution in [0.25, 0.3) is 22.9 Å². The Hall–Kier alpha value is -10.2. The van der Waals surface area contributed by atoms with E-state index in [4.69, 9.17) is 41.5 Å². The number of carboxylic acid groups (broad SMARTS) is 2. The summed E-state index contributed by atoms with van der Waals surface area (Å²) in [5.74, 6) is -3.31. The minimum absolute atomic E-state index is 0.0988. The number of nitrogens with one attached hydrogen (secondary N) is 2. The standard InChI is InChI=1S/C13H15NO4.C13H13NO3.C12H13NO5.C12H13NO2.C7H5ClO.C5H9NO4/c1-9(15)11(8-12(16)18-2)14-13(17)10-6-4-3-5-7-10;1-9-11(8-12(15)16-2)14-13(17-9)10-6-4-3-5-7-10;1-18-10(14)7-9(12(16)17)13-11(15)8-5-3-2-4-6-8;1-9-11(7-8-14)13-12(15-9)10-5-3-2-4-6-10;8-7(9)6-4-2-1-3-5-6;1-10-4(7)2-3(6)5(8)9/h3-7,11H,8H2,1-2H3,(H,14,17);3-7H,8H2,1-2H3;2-6,9H,7H2,1H3,(H,13,15)(H,16,17);2-6,14H,7-8H2,1H3;1-5H;3H,2,6H2,1H3,(H,8,9). The summed E-state index contributed by atoms with van der Waals surface area (Å²) in [5, 5.41) is 30.3. The Labute approximate surface area is 506 Å². The van der Waals surface area contributed by atoms with Crippen molar-refractivity contribution in [2.24, 2.45) is 5.73 Å². The molecule has 0 aliphatic heterocycles. The highest BCUT2D eigenvalue weighted by molar-refractivity contribution is 6.67. The van der Waals surface area contributed by atoms with Gasteiger partial charge >= 0.3 is 35.8 Å². The number of rotatable bonds is 20. The molecule has 25 heteroatoms. The molecule has 7 aromatic rings. The number of hydrogen-bond donors (Lipinski definition) is 6. The predicted octanol–water partition coefficient (Wildman–Crippen LogP) is 6.95. The first-order chi connectivity index (χ1) is 41.5. The zero-order valence-corrected chi connectivity index (χ0v) is 49.4. The fraction of sp³-hybridized carbons (Fsp3) is 0.258. The van der Waals surface area contributed by atoms with E-state index in [2.05, 4.69) is 39.5 Å². The molecule has 0 radical (unpaired) electrons. The van der Waals surface area contributed by atoms with Crippen LogP contribution >= 0.6 is 11.6 Å². The Balaban J connectivity index is 0.000000362. The van der Waals surface area contributed by atoms with E-state index >= 15 is 0 Å². The van der Waals surface area contributed by atoms with E-state index < -0.39 is 65.5 Å². The van der Waals surface area contributed by atoms with Crippen molar-refractivity contribution < 1.29 is 91.0 Å². The molecule has 3 unspecified atom stereocenters. The fourth-order valence-corrected chi connectivity index (χ4v) is 6.68. The van der Waals surface area contributed by atoms with Crippen molar-refractivity contribution in [3.05, 3.63) is 191 Å². The normalized spacial score (nSPS) is 10.9. The molecule has 2 heterocycles. The van der Waals surface area contributed by atoms with Gasteiger partial charge in [0.15, 0.2) is 5.78 Å². The molecule has 0 bridgehead atoms. The lowest BCUT2D eigenvalue weighted by molar-refractivity contribution is -0.147. The second-order valence-corrected chi connectivity index (χ2v) is 18.0. The van der Waals surface area contributed by atoms with Gasteiger partial charge in [-0.3, -0.25) is 43.2 Å². The van der Waals surface area contributed by atoms with Crippen LogP contribution in [0.4, 0.5) is 0 Å². The number of carbonyl (C=O) groups excluding carboxylic acids is 8. The zero-order chi connectivity index (χ0) is 64.8. The van der Waals surface area contributed by atoms with Crippen LogP contribution in [0.5, 0.6) is 0 Å². The molecule has 7 N–H and O–H groups in total. The molecule has 2 amide bonds. The number of esters is 4. The molecular formula is C62H68ClN5O19. The summed E-state index contributed by atoms with van der Waals surface area (Å²) in [6, 6.07) is 41.4. The second-order valence-electron chi connectivity index (χ2n) is 17.7. The van der Waals surface area contributed by atoms with Crippen LogP contribution in [0.1, 0.15) is 80.2 Å². The number of hydrogen-bond acceptors (Lipinski definition) is 20. The number of aliphatic carboxylic acids is 2. The Kier molecular flexibility index (Phi) is 33.7. The van der Waals surface area contributed by atoms with Crippen molar-refractivity contribution in [2.45, 2.75) is 71.0 Å². The first kappa shape index (κ1) is 72.9. The number of oxazole rings is 2. The summed E-state index contributed by atoms with van der Waals surface area (Å²) >= 11 is 5.16. The van der Waals surface area contributed by atoms with Crippen LogP contribution in [-0.2, 0) is 65.4 Å². The first-order valence-corrected chi connectivity index (χ1v) is 26.5. The lowest BCUT2D eigenvalue weighted by Gasteiger charge is -2.14. The highest BCUT2D eigenvalue weighted by atomic mass is 35.5. The van der Waals surface area contributed by atoms with E-state index in [1.807, 2.05) is 73.7 Å². The molecule has 0 fully saturated rings. The number of methoxy groups -OCH3 is 4. The average molecular weight is 1220 g/mol. The number of aromatic nitrogens is 2. The quantitative estimate of drug-likeness (QED) is 0.0255. The average Bonchev–Trinajstić information content (AvgIpc) is 3.90. The van der Waals surface area contributed by atoms with Crippen molar-refractivity contribution in [1.29, 1.82) is 0 Å². The number of carbonyl (C=O) groups is 10. The molecular weight excluding hydrogens is 1150 g/mol. The maximum Gasteiger partial charge on any atom is 0.326 e. The first-order valence-electron chi connectivity index (χ1n) is 26.1. The number of ketones is 1. The van der Waals surface area contributed by atoms with Gasteiger partial charge in [-0.25, -0.2) is 14.8 Å². The van der Waals surface area contributed by atoms with Crippen molar-refractivity contribution in [3.8, 4) is 22.9 Å². The minimum Gasteiger partial charge on any atom is -0.480 e. The number of nitrogens with zero attached hydrogens (tertiary/aromatic N) is 2. The molecule has 0 saturated carbocycles. The monoisotopic (exact) mass is 1220 g/mol. The Morgan fingerprint density at radius 1 is 0.506 bits per heavy atom. The fourth-order valence-electron chi connectivity index (χ4n) is 6.55. The lowest BCUT2D eigenvalue weighted by Crippen LogP contribution is -2.42. The molecule has 3 atom stereocenters. The molecule has 0 aliphatic rings. The number of halogens is 1. The third kappa shape index (κ3) is 28.3. The van der Waals surface area contributed by atoms with Gasteiger partial charge in [-0.15, -0.1) is 0 Å². The van der Waals surface area contributed by atoms with Gasteiger partial charge < -0.3 is 59.5 Å². The van der Waals surface area contributed by atoms with Crippen molar-refractivity contribution in [1.82, 2.24) is 20.6 Å². The second kappa shape index (κ2) is 40.2. The molecule has 0 spiro atoms. The van der Waals surface area contributed by atoms with Gasteiger partial charge in [0.25, 0.3) is 17.1 Å². The minimum atomic E-state index is -1.30. The van der Waals surface area contributed by atoms with Crippen LogP contribution in [0.3, 0.4) is 0 Å². The highest BCUT2D eigenvalue weighted by Crippen LogP contribution is 2.23. The number of aryl methyl sites for hydroxylation is 2. The third-order valence-corrected chi connectivity index (χ3v) is 11.5. The lowest BCUT2D eigenvalue weighted by atomic mass is 10.1. The topological polar surface area (TPSA) is 370 Å². The van der Waals surface area contributed by atoms with Gasteiger partial charge in [-0.1, -0.05) is 103 Å². The largest absolute Gasteiger partial charge is 0.480 e. The molecule has 0 saturated heterocycles. The third-order valence-electron chi connectivity index (χ3n) is 11.3. The van der Waals surface area contributed by atoms with Gasteiger partial charge in [0.1, 0.15) is 23.6 Å². The molecule has 7 rings (SSSR count). The molecule has 2 aromatic heterocycles. The molecule has 0 aliphatic carbocycles. The summed E-state index contributed by atoms with van der Waals surface area (Å²) in [5.41, 5.74) is 9.61. The van der Waals surface area contributed by atoms with Gasteiger partial charge in [-0.2, -0.15) is 0 Å². The number of carboxylic acids is 2. The van der Waals surface area contributed by atoms with Crippen LogP contribution in [0.15, 0.2) is 160 Å². The molecule has 24 nitrogen and oxygen atoms in total. The van der Waals surface area contributed by atoms with Gasteiger partial charge in [0.05, 0.1) is 71.6 Å². The van der Waals surface area contributed by atoms with Crippen molar-refractivity contribution >= 4 is 70.3 Å². The van der Waals surface area contributed by atoms with E-state index in [0.29, 0.717) is 46.3 Å². The maximum atomic E-state index is 11.8. The number of amides is 2. The summed E-state index contributed by atoms with van der Waals surface area (Å²) in [6.07, 6.45) is -0.179. The van der Waals surface area contributed by atoms with E-state index in [0.717, 1.165) is 29.7 Å². The van der Waals surface area contributed by atoms with Crippen molar-refractivity contribution in [2.75, 3.05) is 35.0 Å². The van der Waals surface area contributed by atoms with Crippen molar-refractivity contribution in [3.63, 3.8) is 0 Å². The maximum absolute atomic E-state index is 11.8. The summed E-state index contributed by atoms with van der Waals surface area (Å²) in [4.78, 5) is 118. The summed E-state index contributed by atoms with van der Waals surface area (Å²) in [7, 11) is 4.92. The number of ether oxygens (including phenoxy) is 4. The van der Waals surface area contributed by atoms with E-state index in [1.165, 1.54) is 28.3 Å². The van der Waals surface area contributed by atoms with Crippen LogP contribution in [-0.4, -0.2) is 137 Å². The highest BCUT2D eigenvalue weighted by Gasteiger charge is 2.25. The summed E-state index contributed by atoms with van der Waals surface area (Å²) < 4.78 is 28.7. The molecule has 87 heavy (non-hydrogen) atoms. The number of aliphatic hydroxyl groups is 1. The number of benzene rings is 5. The van der Waals surface area contributed by atoms with Crippen LogP contribution in [0.2, 0.25) is 0 Å². The number of nitrogens with two attached hydrogens (primary N) is 1. The Bertz CT molecular complexity index is 3200. The summed E-state index contributed by atoms with van der Waals surface area (Å²) in [6.45, 7) is 5.07. The van der Waals surface area contributed by atoms with E-state index in [-0.39, 0.29) is 43.5 Å². The van der Waals surface area contributed by atoms with Gasteiger partial charge in [0.2, 0.25) is 11.8 Å². The number of Topliss-reactive ketones (excluding diaryl/α,β-unsaturated/α-hetero) is 1. The van der Waals surface area contributed by atoms with Gasteiger partial charge in [0, 0.05) is 40.8 Å². The zero-order valence-electron chi connectivity index (χ0n) is 48.6. The predicted molar refractivity (Wildman–Crippen MR) is 316 cm³/mol. The SMILES string of the molecule is COC(=O)CC(N)C(=O)O.COC(=O)CC(NC(=O)c1ccccc1)C(=O)O.COC(=O)CC(NC(=O)c1ccccc1)C(C)=O.COC(=O)Cc1nc(-c2ccccc2)oc1C.Cc1oc(-c2ccccc2)nc1CCO.O=C(Cl)c1ccccc1. The number of aliphatic hydroxyl groups excluding tert-OH is 1. The van der Waals surface area contributed by atoms with Gasteiger partial charge in [-0.05, 0) is 80.9 Å². The van der Waals surface area contributed by atoms with E-state index in [9.17, 15) is 47.9 Å². The van der Waals surface area contributed by atoms with E-state index in [1.54, 1.807) is 91.9 Å². The van der Waals surface area contributed by atoms with Crippen LogP contribution in [0, 0.1) is 13.8 Å². The molecule has 5 aromatic carbocycles. The smallest absolute Gasteiger partial charge is 0.326 e. The molecule has 462 valence electrons. The van der Waals surface area contributed by atoms with Crippen LogP contribution < -0.4 is 16.4 Å². The Morgan fingerprint density at radius 3 is 1.20 bits per heavy atom. The Morgan fingerprint density at radius 2 is 0.851 bits per heavy atom.